The van der Waals surface area contributed by atoms with Crippen molar-refractivity contribution in [1.29, 1.82) is 0 Å². The van der Waals surface area contributed by atoms with Gasteiger partial charge in [0, 0.05) is 45.1 Å². The molecular formula is C19H22N6O3. The lowest BCUT2D eigenvalue weighted by Gasteiger charge is -2.27. The molecule has 3 aromatic rings. The number of amides is 1. The van der Waals surface area contributed by atoms with Gasteiger partial charge < -0.3 is 25.5 Å². The molecule has 0 aliphatic carbocycles. The van der Waals surface area contributed by atoms with Gasteiger partial charge in [0.2, 0.25) is 0 Å². The number of imidazole rings is 1. The first-order chi connectivity index (χ1) is 13.7. The van der Waals surface area contributed by atoms with Crippen molar-refractivity contribution in [2.24, 2.45) is 5.73 Å². The van der Waals surface area contributed by atoms with Gasteiger partial charge in [-0.05, 0) is 18.2 Å². The summed E-state index contributed by atoms with van der Waals surface area (Å²) in [5.74, 6) is 1.58. The number of fused-ring (bicyclic) bond motifs is 1. The van der Waals surface area contributed by atoms with Crippen LogP contribution in [0.15, 0.2) is 36.7 Å². The zero-order valence-corrected chi connectivity index (χ0v) is 15.4. The van der Waals surface area contributed by atoms with Crippen LogP contribution in [0, 0.1) is 0 Å². The van der Waals surface area contributed by atoms with Crippen molar-refractivity contribution in [3.8, 4) is 22.9 Å². The fraction of sp³-hybridized carbons (Fsp3) is 0.316. The maximum Gasteiger partial charge on any atom is 0.410 e. The highest BCUT2D eigenvalue weighted by atomic mass is 16.5. The molecule has 1 saturated heterocycles. The van der Waals surface area contributed by atoms with Crippen LogP contribution >= 0.6 is 0 Å². The lowest BCUT2D eigenvalue weighted by Crippen LogP contribution is -2.44. The molecule has 1 amide bonds. The Morgan fingerprint density at radius 1 is 1.21 bits per heavy atom. The molecule has 0 unspecified atom stereocenters. The summed E-state index contributed by atoms with van der Waals surface area (Å²) in [6.07, 6.45) is 2.51. The summed E-state index contributed by atoms with van der Waals surface area (Å²) in [5.41, 5.74) is 7.12. The Labute approximate surface area is 161 Å². The summed E-state index contributed by atoms with van der Waals surface area (Å²) >= 11 is 0. The van der Waals surface area contributed by atoms with Gasteiger partial charge in [-0.2, -0.15) is 0 Å². The molecule has 146 valence electrons. The Hall–Kier alpha value is -3.17. The van der Waals surface area contributed by atoms with Crippen molar-refractivity contribution in [3.63, 3.8) is 0 Å². The van der Waals surface area contributed by atoms with E-state index in [1.165, 1.54) is 0 Å². The fourth-order valence-corrected chi connectivity index (χ4v) is 3.23. The van der Waals surface area contributed by atoms with Gasteiger partial charge in [0.1, 0.15) is 23.7 Å². The van der Waals surface area contributed by atoms with Gasteiger partial charge in [0.05, 0.1) is 11.1 Å². The van der Waals surface area contributed by atoms with Gasteiger partial charge in [0.15, 0.2) is 5.75 Å². The number of H-pyrrole nitrogens is 1. The van der Waals surface area contributed by atoms with E-state index < -0.39 is 6.09 Å². The number of aromatic nitrogens is 3. The minimum Gasteiger partial charge on any atom is -0.491 e. The van der Waals surface area contributed by atoms with E-state index in [0.29, 0.717) is 29.4 Å². The maximum absolute atomic E-state index is 11.1. The van der Waals surface area contributed by atoms with E-state index in [9.17, 15) is 4.79 Å². The fourth-order valence-electron chi connectivity index (χ4n) is 3.23. The number of ether oxygens (including phenoxy) is 2. The number of aromatic amines is 1. The summed E-state index contributed by atoms with van der Waals surface area (Å²) in [6.45, 7) is 5.51. The molecule has 3 heterocycles. The second-order valence-corrected chi connectivity index (χ2v) is 6.47. The number of primary amides is 1. The number of carbonyl (C=O) groups is 1. The number of carbonyl (C=O) groups excluding carboxylic acids is 1. The number of nitrogens with zero attached hydrogens (tertiary/aromatic N) is 3. The van der Waals surface area contributed by atoms with Crippen LogP contribution in [0.5, 0.6) is 11.5 Å². The number of hydrogen-bond acceptors (Lipinski definition) is 7. The number of benzene rings is 1. The SMILES string of the molecule is NC(=O)Oc1cccc2[nH]c(-c3cnccc3OCCN3CCNCC3)nc12. The zero-order chi connectivity index (χ0) is 19.3. The maximum atomic E-state index is 11.1. The summed E-state index contributed by atoms with van der Waals surface area (Å²) in [5, 5.41) is 3.34. The summed E-state index contributed by atoms with van der Waals surface area (Å²) in [4.78, 5) is 25.5. The molecule has 0 spiro atoms. The summed E-state index contributed by atoms with van der Waals surface area (Å²) in [6, 6.07) is 7.07. The second kappa shape index (κ2) is 8.24. The Kier molecular flexibility index (Phi) is 5.36. The van der Waals surface area contributed by atoms with Crippen LogP contribution < -0.4 is 20.5 Å². The molecule has 9 heteroatoms. The quantitative estimate of drug-likeness (QED) is 0.589. The number of pyridine rings is 1. The van der Waals surface area contributed by atoms with Crippen LogP contribution in [-0.4, -0.2) is 65.3 Å². The first-order valence-corrected chi connectivity index (χ1v) is 9.17. The standard InChI is InChI=1S/C19H22N6O3/c20-19(26)28-16-3-1-2-14-17(16)24-18(23-14)13-12-22-5-4-15(13)27-11-10-25-8-6-21-7-9-25/h1-5,12,21H,6-11H2,(H2,20,26)(H,23,24). The Morgan fingerprint density at radius 2 is 2.07 bits per heavy atom. The predicted octanol–water partition coefficient (Wildman–Crippen LogP) is 1.37. The number of piperazine rings is 1. The predicted molar refractivity (Wildman–Crippen MR) is 104 cm³/mol. The van der Waals surface area contributed by atoms with E-state index in [2.05, 4.69) is 25.2 Å². The first kappa shape index (κ1) is 18.2. The number of para-hydroxylation sites is 1. The molecule has 1 aliphatic heterocycles. The minimum atomic E-state index is -0.879. The normalized spacial score (nSPS) is 14.9. The van der Waals surface area contributed by atoms with Crippen LogP contribution in [0.25, 0.3) is 22.4 Å². The van der Waals surface area contributed by atoms with Crippen LogP contribution in [0.1, 0.15) is 0 Å². The van der Waals surface area contributed by atoms with E-state index in [0.717, 1.165) is 43.8 Å². The van der Waals surface area contributed by atoms with Crippen LogP contribution in [0.3, 0.4) is 0 Å². The average molecular weight is 382 g/mol. The van der Waals surface area contributed by atoms with Crippen LogP contribution in [0.2, 0.25) is 0 Å². The van der Waals surface area contributed by atoms with Crippen molar-refractivity contribution in [2.75, 3.05) is 39.3 Å². The number of nitrogens with two attached hydrogens (primary N) is 1. The highest BCUT2D eigenvalue weighted by molar-refractivity contribution is 5.87. The molecule has 0 bridgehead atoms. The van der Waals surface area contributed by atoms with E-state index in [-0.39, 0.29) is 0 Å². The zero-order valence-electron chi connectivity index (χ0n) is 15.4. The summed E-state index contributed by atoms with van der Waals surface area (Å²) in [7, 11) is 0. The highest BCUT2D eigenvalue weighted by Crippen LogP contribution is 2.31. The average Bonchev–Trinajstić information content (AvgIpc) is 3.14. The molecular weight excluding hydrogens is 360 g/mol. The third-order valence-electron chi connectivity index (χ3n) is 4.60. The van der Waals surface area contributed by atoms with E-state index in [1.54, 1.807) is 24.5 Å². The smallest absolute Gasteiger partial charge is 0.410 e. The van der Waals surface area contributed by atoms with Crippen molar-refractivity contribution in [2.45, 2.75) is 0 Å². The van der Waals surface area contributed by atoms with Gasteiger partial charge in [-0.1, -0.05) is 6.07 Å². The van der Waals surface area contributed by atoms with E-state index in [4.69, 9.17) is 15.2 Å². The van der Waals surface area contributed by atoms with Gasteiger partial charge in [0.25, 0.3) is 0 Å². The molecule has 1 fully saturated rings. The number of nitrogens with one attached hydrogen (secondary N) is 2. The molecule has 2 aromatic heterocycles. The largest absolute Gasteiger partial charge is 0.491 e. The van der Waals surface area contributed by atoms with Crippen molar-refractivity contribution in [3.05, 3.63) is 36.7 Å². The Bertz CT molecular complexity index is 967. The van der Waals surface area contributed by atoms with E-state index in [1.807, 2.05) is 12.1 Å². The molecule has 4 N–H and O–H groups in total. The summed E-state index contributed by atoms with van der Waals surface area (Å²) < 4.78 is 11.1. The molecule has 1 aliphatic rings. The van der Waals surface area contributed by atoms with Crippen molar-refractivity contribution in [1.82, 2.24) is 25.2 Å². The molecule has 9 nitrogen and oxygen atoms in total. The third-order valence-corrected chi connectivity index (χ3v) is 4.60. The van der Waals surface area contributed by atoms with E-state index >= 15 is 0 Å². The molecule has 28 heavy (non-hydrogen) atoms. The van der Waals surface area contributed by atoms with Gasteiger partial charge in [-0.25, -0.2) is 9.78 Å². The number of hydrogen-bond donors (Lipinski definition) is 3. The molecule has 0 atom stereocenters. The monoisotopic (exact) mass is 382 g/mol. The molecule has 1 aromatic carbocycles. The molecule has 4 rings (SSSR count). The topological polar surface area (TPSA) is 118 Å². The first-order valence-electron chi connectivity index (χ1n) is 9.17. The van der Waals surface area contributed by atoms with Crippen LogP contribution in [0.4, 0.5) is 4.79 Å². The molecule has 0 radical (unpaired) electrons. The lowest BCUT2D eigenvalue weighted by atomic mass is 10.2. The molecule has 0 saturated carbocycles. The van der Waals surface area contributed by atoms with Crippen LogP contribution in [-0.2, 0) is 0 Å². The lowest BCUT2D eigenvalue weighted by molar-refractivity contribution is 0.191. The number of rotatable bonds is 6. The minimum absolute atomic E-state index is 0.303. The van der Waals surface area contributed by atoms with Gasteiger partial charge in [-0.3, -0.25) is 9.88 Å². The Morgan fingerprint density at radius 3 is 2.89 bits per heavy atom. The van der Waals surface area contributed by atoms with Gasteiger partial charge >= 0.3 is 6.09 Å². The van der Waals surface area contributed by atoms with Crippen molar-refractivity contribution < 1.29 is 14.3 Å². The second-order valence-electron chi connectivity index (χ2n) is 6.47. The van der Waals surface area contributed by atoms with Crippen molar-refractivity contribution >= 4 is 17.1 Å². The van der Waals surface area contributed by atoms with Gasteiger partial charge in [-0.15, -0.1) is 0 Å². The third kappa shape index (κ3) is 4.05. The highest BCUT2D eigenvalue weighted by Gasteiger charge is 2.15. The Balaban J connectivity index is 1.55.